The summed E-state index contributed by atoms with van der Waals surface area (Å²) in [5.41, 5.74) is 0.915. The van der Waals surface area contributed by atoms with Gasteiger partial charge in [-0.2, -0.15) is 5.10 Å². The molecule has 0 fully saturated rings. The molecule has 1 amide bonds. The van der Waals surface area contributed by atoms with Crippen LogP contribution in [0.5, 0.6) is 0 Å². The Labute approximate surface area is 82.7 Å². The minimum absolute atomic E-state index is 0.186. The van der Waals surface area contributed by atoms with Crippen LogP contribution in [0.25, 0.3) is 0 Å². The maximum absolute atomic E-state index is 11.2. The summed E-state index contributed by atoms with van der Waals surface area (Å²) < 4.78 is 0. The van der Waals surface area contributed by atoms with E-state index < -0.39 is 0 Å². The van der Waals surface area contributed by atoms with E-state index in [9.17, 15) is 4.79 Å². The second-order valence-corrected chi connectivity index (χ2v) is 2.81. The minimum atomic E-state index is -0.186. The zero-order valence-corrected chi connectivity index (χ0v) is 8.24. The lowest BCUT2D eigenvalue weighted by molar-refractivity contribution is -0.111. The number of H-pyrrole nitrogens is 1. The van der Waals surface area contributed by atoms with Gasteiger partial charge in [-0.3, -0.25) is 9.89 Å². The first-order valence-electron chi connectivity index (χ1n) is 4.34. The minimum Gasteiger partial charge on any atom is -0.306 e. The van der Waals surface area contributed by atoms with Crippen LogP contribution >= 0.6 is 0 Å². The van der Waals surface area contributed by atoms with Crippen molar-refractivity contribution in [1.29, 1.82) is 0 Å². The van der Waals surface area contributed by atoms with E-state index in [1.165, 1.54) is 6.08 Å². The van der Waals surface area contributed by atoms with Crippen LogP contribution in [-0.4, -0.2) is 16.1 Å². The van der Waals surface area contributed by atoms with E-state index in [4.69, 9.17) is 0 Å². The molecule has 0 atom stereocenters. The molecule has 0 bridgehead atoms. The van der Waals surface area contributed by atoms with E-state index in [0.717, 1.165) is 5.69 Å². The van der Waals surface area contributed by atoms with Crippen molar-refractivity contribution >= 4 is 11.7 Å². The highest BCUT2D eigenvalue weighted by Gasteiger charge is 1.99. The number of allylic oxidation sites excluding steroid dienone is 3. The van der Waals surface area contributed by atoms with E-state index in [0.29, 0.717) is 5.82 Å². The fourth-order valence-electron chi connectivity index (χ4n) is 0.904. The number of nitrogens with zero attached hydrogens (tertiary/aromatic N) is 1. The summed E-state index contributed by atoms with van der Waals surface area (Å²) in [6, 6.07) is 1.77. The summed E-state index contributed by atoms with van der Waals surface area (Å²) in [5.74, 6) is 0.354. The first-order valence-corrected chi connectivity index (χ1v) is 4.34. The van der Waals surface area contributed by atoms with Crippen LogP contribution in [0.1, 0.15) is 12.6 Å². The number of carbonyl (C=O) groups excluding carboxylic acids is 1. The van der Waals surface area contributed by atoms with Crippen LogP contribution in [0.4, 0.5) is 5.82 Å². The van der Waals surface area contributed by atoms with Gasteiger partial charge in [0.05, 0.1) is 0 Å². The van der Waals surface area contributed by atoms with Crippen LogP contribution in [0.2, 0.25) is 0 Å². The molecule has 0 aliphatic heterocycles. The first-order chi connectivity index (χ1) is 6.72. The van der Waals surface area contributed by atoms with E-state index in [2.05, 4.69) is 15.5 Å². The number of nitrogens with one attached hydrogen (secondary N) is 2. The van der Waals surface area contributed by atoms with Gasteiger partial charge in [-0.25, -0.2) is 0 Å². The van der Waals surface area contributed by atoms with Gasteiger partial charge in [-0.1, -0.05) is 18.2 Å². The van der Waals surface area contributed by atoms with E-state index in [1.807, 2.05) is 19.9 Å². The number of carbonyl (C=O) groups is 1. The molecule has 0 aliphatic rings. The molecule has 0 aromatic carbocycles. The van der Waals surface area contributed by atoms with Crippen LogP contribution in [0.3, 0.4) is 0 Å². The molecule has 1 rings (SSSR count). The molecule has 1 aromatic heterocycles. The van der Waals surface area contributed by atoms with Gasteiger partial charge in [-0.05, 0) is 13.8 Å². The lowest BCUT2D eigenvalue weighted by Gasteiger charge is -1.93. The summed E-state index contributed by atoms with van der Waals surface area (Å²) in [4.78, 5) is 11.2. The Bertz CT molecular complexity index is 363. The number of aromatic nitrogens is 2. The molecule has 14 heavy (non-hydrogen) atoms. The monoisotopic (exact) mass is 191 g/mol. The molecule has 0 radical (unpaired) electrons. The third-order valence-electron chi connectivity index (χ3n) is 1.51. The summed E-state index contributed by atoms with van der Waals surface area (Å²) in [6.45, 7) is 3.76. The second-order valence-electron chi connectivity index (χ2n) is 2.81. The smallest absolute Gasteiger partial charge is 0.249 e. The van der Waals surface area contributed by atoms with E-state index >= 15 is 0 Å². The van der Waals surface area contributed by atoms with Crippen molar-refractivity contribution in [2.45, 2.75) is 13.8 Å². The van der Waals surface area contributed by atoms with Crippen molar-refractivity contribution < 1.29 is 4.79 Å². The van der Waals surface area contributed by atoms with Crippen molar-refractivity contribution in [3.05, 3.63) is 36.1 Å². The lowest BCUT2D eigenvalue weighted by Crippen LogP contribution is -2.07. The molecular weight excluding hydrogens is 178 g/mol. The SMILES string of the molecule is CC=CC=CC(=O)Nc1cc(C)[nH]n1. The highest BCUT2D eigenvalue weighted by Crippen LogP contribution is 2.03. The molecule has 0 aliphatic carbocycles. The summed E-state index contributed by atoms with van der Waals surface area (Å²) in [6.07, 6.45) is 6.76. The van der Waals surface area contributed by atoms with Crippen LogP contribution in [0.15, 0.2) is 30.4 Å². The van der Waals surface area contributed by atoms with Crippen molar-refractivity contribution in [2.75, 3.05) is 5.32 Å². The zero-order chi connectivity index (χ0) is 10.4. The molecule has 4 heteroatoms. The number of hydrogen-bond donors (Lipinski definition) is 2. The molecule has 2 N–H and O–H groups in total. The molecular formula is C10H13N3O. The Morgan fingerprint density at radius 1 is 1.57 bits per heavy atom. The largest absolute Gasteiger partial charge is 0.306 e. The Morgan fingerprint density at radius 2 is 2.36 bits per heavy atom. The van der Waals surface area contributed by atoms with Crippen LogP contribution in [-0.2, 0) is 4.79 Å². The molecule has 1 aromatic rings. The predicted octanol–water partition coefficient (Wildman–Crippen LogP) is 1.79. The van der Waals surface area contributed by atoms with Gasteiger partial charge in [0.2, 0.25) is 5.91 Å². The molecule has 0 saturated carbocycles. The normalized spacial score (nSPS) is 11.3. The van der Waals surface area contributed by atoms with Crippen molar-refractivity contribution in [2.24, 2.45) is 0 Å². The van der Waals surface area contributed by atoms with Crippen molar-refractivity contribution in [3.8, 4) is 0 Å². The van der Waals surface area contributed by atoms with E-state index in [-0.39, 0.29) is 5.91 Å². The maximum Gasteiger partial charge on any atom is 0.249 e. The molecule has 4 nitrogen and oxygen atoms in total. The number of aromatic amines is 1. The summed E-state index contributed by atoms with van der Waals surface area (Å²) in [5, 5.41) is 9.23. The second kappa shape index (κ2) is 5.01. The molecule has 74 valence electrons. The first kappa shape index (κ1) is 10.2. The van der Waals surface area contributed by atoms with E-state index in [1.54, 1.807) is 18.2 Å². The Morgan fingerprint density at radius 3 is 2.93 bits per heavy atom. The van der Waals surface area contributed by atoms with Gasteiger partial charge in [0, 0.05) is 17.8 Å². The predicted molar refractivity (Wildman–Crippen MR) is 55.9 cm³/mol. The number of amides is 1. The van der Waals surface area contributed by atoms with Crippen LogP contribution in [0, 0.1) is 6.92 Å². The average Bonchev–Trinajstić information content (AvgIpc) is 2.52. The Kier molecular flexibility index (Phi) is 3.67. The van der Waals surface area contributed by atoms with Crippen LogP contribution < -0.4 is 5.32 Å². The molecule has 1 heterocycles. The third kappa shape index (κ3) is 3.26. The number of anilines is 1. The molecule has 0 saturated heterocycles. The van der Waals surface area contributed by atoms with Gasteiger partial charge < -0.3 is 5.32 Å². The number of aryl methyl sites for hydroxylation is 1. The number of rotatable bonds is 3. The highest BCUT2D eigenvalue weighted by atomic mass is 16.1. The molecule has 0 spiro atoms. The number of hydrogen-bond acceptors (Lipinski definition) is 2. The fraction of sp³-hybridized carbons (Fsp3) is 0.200. The van der Waals surface area contributed by atoms with Gasteiger partial charge in [0.1, 0.15) is 0 Å². The Hall–Kier alpha value is -1.84. The van der Waals surface area contributed by atoms with Gasteiger partial charge in [-0.15, -0.1) is 0 Å². The van der Waals surface area contributed by atoms with Gasteiger partial charge in [0.15, 0.2) is 5.82 Å². The fourth-order valence-corrected chi connectivity index (χ4v) is 0.904. The summed E-state index contributed by atoms with van der Waals surface area (Å²) in [7, 11) is 0. The summed E-state index contributed by atoms with van der Waals surface area (Å²) >= 11 is 0. The standard InChI is InChI=1S/C10H13N3O/c1-3-4-5-6-10(14)11-9-7-8(2)12-13-9/h3-7H,1-2H3,(H2,11,12,13,14). The molecule has 0 unspecified atom stereocenters. The van der Waals surface area contributed by atoms with Gasteiger partial charge >= 0.3 is 0 Å². The van der Waals surface area contributed by atoms with Crippen molar-refractivity contribution in [3.63, 3.8) is 0 Å². The van der Waals surface area contributed by atoms with Crippen molar-refractivity contribution in [1.82, 2.24) is 10.2 Å². The Balaban J connectivity index is 2.49. The maximum atomic E-state index is 11.2. The lowest BCUT2D eigenvalue weighted by atomic mass is 10.4. The quantitative estimate of drug-likeness (QED) is 0.565. The zero-order valence-electron chi connectivity index (χ0n) is 8.24. The third-order valence-corrected chi connectivity index (χ3v) is 1.51. The topological polar surface area (TPSA) is 57.8 Å². The van der Waals surface area contributed by atoms with Gasteiger partial charge in [0.25, 0.3) is 0 Å². The average molecular weight is 191 g/mol. The highest BCUT2D eigenvalue weighted by molar-refractivity contribution is 5.98.